The minimum Gasteiger partial charge on any atom is -0.353 e. The third-order valence-corrected chi connectivity index (χ3v) is 5.63. The third-order valence-electron chi connectivity index (χ3n) is 5.63. The highest BCUT2D eigenvalue weighted by atomic mass is 19.4. The first kappa shape index (κ1) is 21.1. The standard InChI is InChI=1S/C22H20F3N7O/c23-22(24,25)17(4-6-19(33)31-15-2-3-15)13-1-5-18(27-9-13)32-11-14(10-30-32)16-7-8-26-21-20(16)28-12-29-21/h1,5,7-12,15,17H,2-4,6H2,(H,31,33)(H,26,28,29). The lowest BCUT2D eigenvalue weighted by molar-refractivity contribution is -0.153. The second-order valence-corrected chi connectivity index (χ2v) is 8.06. The molecule has 4 aromatic rings. The highest BCUT2D eigenvalue weighted by molar-refractivity contribution is 5.88. The Morgan fingerprint density at radius 2 is 2.03 bits per heavy atom. The number of halogens is 3. The normalized spacial score (nSPS) is 15.0. The summed E-state index contributed by atoms with van der Waals surface area (Å²) in [4.78, 5) is 27.4. The predicted molar refractivity (Wildman–Crippen MR) is 113 cm³/mol. The minimum absolute atomic E-state index is 0.0196. The van der Waals surface area contributed by atoms with E-state index >= 15 is 0 Å². The molecule has 1 aliphatic carbocycles. The second-order valence-electron chi connectivity index (χ2n) is 8.06. The van der Waals surface area contributed by atoms with Crippen molar-refractivity contribution in [3.8, 4) is 16.9 Å². The van der Waals surface area contributed by atoms with E-state index in [0.29, 0.717) is 11.5 Å². The second kappa shape index (κ2) is 8.30. The van der Waals surface area contributed by atoms with Gasteiger partial charge >= 0.3 is 6.18 Å². The third kappa shape index (κ3) is 4.57. The van der Waals surface area contributed by atoms with Crippen molar-refractivity contribution in [3.63, 3.8) is 0 Å². The van der Waals surface area contributed by atoms with E-state index in [0.717, 1.165) is 29.5 Å². The molecule has 1 atom stereocenters. The number of imidazole rings is 1. The van der Waals surface area contributed by atoms with Crippen LogP contribution in [0.1, 0.15) is 37.2 Å². The fourth-order valence-electron chi connectivity index (χ4n) is 3.74. The molecule has 1 amide bonds. The smallest absolute Gasteiger partial charge is 0.353 e. The number of amides is 1. The number of rotatable bonds is 7. The van der Waals surface area contributed by atoms with E-state index in [1.807, 2.05) is 6.07 Å². The summed E-state index contributed by atoms with van der Waals surface area (Å²) in [5.74, 6) is -1.72. The van der Waals surface area contributed by atoms with Crippen molar-refractivity contribution < 1.29 is 18.0 Å². The number of fused-ring (bicyclic) bond motifs is 1. The van der Waals surface area contributed by atoms with Crippen LogP contribution in [0.4, 0.5) is 13.2 Å². The van der Waals surface area contributed by atoms with Crippen LogP contribution in [0.2, 0.25) is 0 Å². The van der Waals surface area contributed by atoms with Gasteiger partial charge in [-0.15, -0.1) is 0 Å². The van der Waals surface area contributed by atoms with Crippen molar-refractivity contribution in [3.05, 3.63) is 54.9 Å². The van der Waals surface area contributed by atoms with Crippen molar-refractivity contribution in [2.75, 3.05) is 0 Å². The Balaban J connectivity index is 1.34. The first-order valence-electron chi connectivity index (χ1n) is 10.5. The number of nitrogens with one attached hydrogen (secondary N) is 2. The fourth-order valence-corrected chi connectivity index (χ4v) is 3.74. The highest BCUT2D eigenvalue weighted by Gasteiger charge is 2.41. The first-order chi connectivity index (χ1) is 15.9. The summed E-state index contributed by atoms with van der Waals surface area (Å²) in [6.07, 6.45) is 4.58. The molecule has 0 spiro atoms. The molecule has 0 aliphatic heterocycles. The summed E-state index contributed by atoms with van der Waals surface area (Å²) in [6.45, 7) is 0. The number of nitrogens with zero attached hydrogens (tertiary/aromatic N) is 5. The Morgan fingerprint density at radius 3 is 2.76 bits per heavy atom. The summed E-state index contributed by atoms with van der Waals surface area (Å²) >= 11 is 0. The quantitative estimate of drug-likeness (QED) is 0.440. The van der Waals surface area contributed by atoms with Crippen LogP contribution in [-0.2, 0) is 4.79 Å². The molecule has 4 heterocycles. The van der Waals surface area contributed by atoms with Gasteiger partial charge in [0.2, 0.25) is 5.91 Å². The lowest BCUT2D eigenvalue weighted by Crippen LogP contribution is -2.28. The zero-order valence-electron chi connectivity index (χ0n) is 17.4. The maximum atomic E-state index is 13.7. The van der Waals surface area contributed by atoms with Crippen LogP contribution in [0, 0.1) is 0 Å². The number of aromatic nitrogens is 6. The van der Waals surface area contributed by atoms with Gasteiger partial charge in [0, 0.05) is 42.2 Å². The maximum absolute atomic E-state index is 13.7. The van der Waals surface area contributed by atoms with Gasteiger partial charge in [0.1, 0.15) is 0 Å². The number of pyridine rings is 2. The number of H-pyrrole nitrogens is 1. The molecule has 2 N–H and O–H groups in total. The number of hydrogen-bond donors (Lipinski definition) is 2. The molecule has 0 saturated heterocycles. The van der Waals surface area contributed by atoms with Crippen molar-refractivity contribution in [1.82, 2.24) is 35.0 Å². The molecule has 8 nitrogen and oxygen atoms in total. The summed E-state index contributed by atoms with van der Waals surface area (Å²) < 4.78 is 42.5. The zero-order chi connectivity index (χ0) is 23.0. The van der Waals surface area contributed by atoms with E-state index < -0.39 is 12.1 Å². The van der Waals surface area contributed by atoms with Crippen LogP contribution in [0.25, 0.3) is 28.1 Å². The minimum atomic E-state index is -4.47. The van der Waals surface area contributed by atoms with Gasteiger partial charge in [-0.1, -0.05) is 6.07 Å². The van der Waals surface area contributed by atoms with E-state index in [4.69, 9.17) is 0 Å². The average molecular weight is 455 g/mol. The van der Waals surface area contributed by atoms with Crippen LogP contribution in [0.3, 0.4) is 0 Å². The summed E-state index contributed by atoms with van der Waals surface area (Å²) in [6, 6.07) is 4.83. The van der Waals surface area contributed by atoms with Gasteiger partial charge in [-0.2, -0.15) is 18.3 Å². The van der Waals surface area contributed by atoms with E-state index in [9.17, 15) is 18.0 Å². The topological polar surface area (TPSA) is 101 Å². The summed E-state index contributed by atoms with van der Waals surface area (Å²) in [7, 11) is 0. The van der Waals surface area contributed by atoms with Gasteiger partial charge in [-0.25, -0.2) is 19.6 Å². The van der Waals surface area contributed by atoms with E-state index in [2.05, 4.69) is 30.4 Å². The van der Waals surface area contributed by atoms with Gasteiger partial charge < -0.3 is 10.3 Å². The van der Waals surface area contributed by atoms with E-state index in [-0.39, 0.29) is 30.4 Å². The largest absolute Gasteiger partial charge is 0.395 e. The van der Waals surface area contributed by atoms with E-state index in [1.165, 1.54) is 23.0 Å². The van der Waals surface area contributed by atoms with Gasteiger partial charge in [0.15, 0.2) is 11.5 Å². The Labute approximate surface area is 186 Å². The van der Waals surface area contributed by atoms with Crippen molar-refractivity contribution in [2.24, 2.45) is 0 Å². The molecule has 4 aromatic heterocycles. The summed E-state index contributed by atoms with van der Waals surface area (Å²) in [5, 5.41) is 7.02. The molecule has 0 bridgehead atoms. The fraction of sp³-hybridized carbons (Fsp3) is 0.318. The van der Waals surface area contributed by atoms with Crippen LogP contribution < -0.4 is 5.32 Å². The molecular formula is C22H20F3N7O. The van der Waals surface area contributed by atoms with Gasteiger partial charge in [-0.05, 0) is 37.0 Å². The molecule has 11 heteroatoms. The van der Waals surface area contributed by atoms with Crippen LogP contribution in [0.15, 0.2) is 49.3 Å². The van der Waals surface area contributed by atoms with Crippen molar-refractivity contribution in [2.45, 2.75) is 43.8 Å². The van der Waals surface area contributed by atoms with E-state index in [1.54, 1.807) is 24.9 Å². The lowest BCUT2D eigenvalue weighted by Gasteiger charge is -2.20. The molecule has 170 valence electrons. The number of carbonyl (C=O) groups is 1. The molecular weight excluding hydrogens is 435 g/mol. The lowest BCUT2D eigenvalue weighted by atomic mass is 9.94. The average Bonchev–Trinajstić information content (AvgIpc) is 3.26. The first-order valence-corrected chi connectivity index (χ1v) is 10.5. The van der Waals surface area contributed by atoms with Crippen LogP contribution in [0.5, 0.6) is 0 Å². The van der Waals surface area contributed by atoms with Crippen molar-refractivity contribution >= 4 is 17.1 Å². The Morgan fingerprint density at radius 1 is 1.18 bits per heavy atom. The molecule has 0 radical (unpaired) electrons. The predicted octanol–water partition coefficient (Wildman–Crippen LogP) is 3.91. The van der Waals surface area contributed by atoms with Crippen LogP contribution >= 0.6 is 0 Å². The van der Waals surface area contributed by atoms with Gasteiger partial charge in [0.25, 0.3) is 0 Å². The Bertz CT molecular complexity index is 1280. The Kier molecular flexibility index (Phi) is 5.31. The molecule has 1 unspecified atom stereocenters. The Hall–Kier alpha value is -3.76. The van der Waals surface area contributed by atoms with Gasteiger partial charge in [0.05, 0.1) is 24.0 Å². The highest BCUT2D eigenvalue weighted by Crippen LogP contribution is 2.38. The van der Waals surface area contributed by atoms with Crippen molar-refractivity contribution in [1.29, 1.82) is 0 Å². The van der Waals surface area contributed by atoms with Gasteiger partial charge in [-0.3, -0.25) is 4.79 Å². The zero-order valence-corrected chi connectivity index (χ0v) is 17.4. The number of alkyl halides is 3. The molecule has 33 heavy (non-hydrogen) atoms. The molecule has 5 rings (SSSR count). The molecule has 1 saturated carbocycles. The van der Waals surface area contributed by atoms with Crippen LogP contribution in [-0.4, -0.2) is 47.8 Å². The number of carbonyl (C=O) groups excluding carboxylic acids is 1. The SMILES string of the molecule is O=C(CCC(c1ccc(-n2cc(-c3ccnc4nc[nH]c34)cn2)nc1)C(F)(F)F)NC1CC1. The number of aromatic amines is 1. The summed E-state index contributed by atoms with van der Waals surface area (Å²) in [5.41, 5.74) is 2.99. The monoisotopic (exact) mass is 455 g/mol. The maximum Gasteiger partial charge on any atom is 0.395 e. The molecule has 1 aliphatic rings. The number of hydrogen-bond acceptors (Lipinski definition) is 5. The molecule has 0 aromatic carbocycles. The molecule has 1 fully saturated rings.